The van der Waals surface area contributed by atoms with Crippen LogP contribution in [-0.4, -0.2) is 18.1 Å². The molecule has 0 aliphatic carbocycles. The van der Waals surface area contributed by atoms with Crippen molar-refractivity contribution in [1.29, 1.82) is 0 Å². The number of nitrogens with one attached hydrogen (secondary N) is 1. The Morgan fingerprint density at radius 2 is 1.47 bits per heavy atom. The third kappa shape index (κ3) is 7.91. The molecule has 0 heterocycles. The minimum Gasteiger partial charge on any atom is -0.462 e. The van der Waals surface area contributed by atoms with Crippen molar-refractivity contribution in [1.82, 2.24) is 5.09 Å². The van der Waals surface area contributed by atoms with Gasteiger partial charge in [-0.25, -0.2) is 17.7 Å². The highest BCUT2D eigenvalue weighted by Gasteiger charge is 2.40. The van der Waals surface area contributed by atoms with Gasteiger partial charge in [-0.15, -0.1) is 0 Å². The second-order valence-corrected chi connectivity index (χ2v) is 10.9. The fourth-order valence-electron chi connectivity index (χ4n) is 3.10. The SMILES string of the molecule is CCC[C@H](C)OC(=O)[C@H](CC(C)C)NP(=O)(Oc1ccc(Br)cc1)Oc1c(F)c(F)c(F)c(F)c1F. The summed E-state index contributed by atoms with van der Waals surface area (Å²) in [5, 5.41) is 2.28. The van der Waals surface area contributed by atoms with E-state index in [4.69, 9.17) is 13.8 Å². The first-order valence-electron chi connectivity index (χ1n) is 11.0. The van der Waals surface area contributed by atoms with Crippen LogP contribution in [0.25, 0.3) is 0 Å². The van der Waals surface area contributed by atoms with Gasteiger partial charge in [-0.2, -0.15) is 13.9 Å². The zero-order chi connectivity index (χ0) is 27.2. The number of carbonyl (C=O) groups is 1. The van der Waals surface area contributed by atoms with Gasteiger partial charge in [0.25, 0.3) is 0 Å². The molecule has 1 N–H and O–H groups in total. The van der Waals surface area contributed by atoms with E-state index < -0.39 is 60.7 Å². The summed E-state index contributed by atoms with van der Waals surface area (Å²) in [5.41, 5.74) is 0. The maximum absolute atomic E-state index is 14.3. The third-order valence-electron chi connectivity index (χ3n) is 4.74. The second-order valence-electron chi connectivity index (χ2n) is 8.38. The Bertz CT molecular complexity index is 1090. The number of carbonyl (C=O) groups excluding carboxylic acids is 1. The van der Waals surface area contributed by atoms with E-state index in [0.717, 1.165) is 0 Å². The summed E-state index contributed by atoms with van der Waals surface area (Å²) in [6.45, 7) is 7.01. The van der Waals surface area contributed by atoms with Crippen LogP contribution in [0.15, 0.2) is 28.7 Å². The van der Waals surface area contributed by atoms with E-state index in [1.165, 1.54) is 24.3 Å². The fraction of sp³-hybridized carbons (Fsp3) is 0.435. The lowest BCUT2D eigenvalue weighted by Crippen LogP contribution is -2.40. The Kier molecular flexibility index (Phi) is 10.7. The maximum Gasteiger partial charge on any atom is 0.513 e. The number of halogens is 6. The van der Waals surface area contributed by atoms with Gasteiger partial charge in [0.15, 0.2) is 0 Å². The molecule has 0 bridgehead atoms. The molecule has 0 aliphatic heterocycles. The topological polar surface area (TPSA) is 73.9 Å². The van der Waals surface area contributed by atoms with Crippen molar-refractivity contribution in [3.8, 4) is 11.5 Å². The molecule has 2 aromatic carbocycles. The Labute approximate surface area is 214 Å². The van der Waals surface area contributed by atoms with Crippen LogP contribution >= 0.6 is 23.7 Å². The van der Waals surface area contributed by atoms with Crippen LogP contribution in [0.2, 0.25) is 0 Å². The number of benzene rings is 2. The molecule has 200 valence electrons. The Morgan fingerprint density at radius 3 is 1.97 bits per heavy atom. The molecular weight excluding hydrogens is 576 g/mol. The molecule has 3 atom stereocenters. The monoisotopic (exact) mass is 601 g/mol. The predicted molar refractivity (Wildman–Crippen MR) is 126 cm³/mol. The Morgan fingerprint density at radius 1 is 0.944 bits per heavy atom. The van der Waals surface area contributed by atoms with E-state index in [2.05, 4.69) is 21.0 Å². The van der Waals surface area contributed by atoms with Crippen molar-refractivity contribution in [3.05, 3.63) is 57.8 Å². The lowest BCUT2D eigenvalue weighted by Gasteiger charge is -2.27. The fourth-order valence-corrected chi connectivity index (χ4v) is 4.90. The lowest BCUT2D eigenvalue weighted by molar-refractivity contribution is -0.151. The van der Waals surface area contributed by atoms with Crippen LogP contribution < -0.4 is 14.1 Å². The quantitative estimate of drug-likeness (QED) is 0.0895. The number of hydrogen-bond acceptors (Lipinski definition) is 5. The average Bonchev–Trinajstić information content (AvgIpc) is 2.80. The summed E-state index contributed by atoms with van der Waals surface area (Å²) in [6.07, 6.45) is 0.771. The van der Waals surface area contributed by atoms with E-state index in [-0.39, 0.29) is 18.1 Å². The minimum absolute atomic E-state index is 0.0197. The smallest absolute Gasteiger partial charge is 0.462 e. The summed E-state index contributed by atoms with van der Waals surface area (Å²) in [7, 11) is -5.01. The normalized spacial score (nSPS) is 14.8. The van der Waals surface area contributed by atoms with Gasteiger partial charge in [0.2, 0.25) is 34.8 Å². The highest BCUT2D eigenvalue weighted by molar-refractivity contribution is 9.10. The number of rotatable bonds is 12. The van der Waals surface area contributed by atoms with E-state index in [1.807, 2.05) is 6.92 Å². The maximum atomic E-state index is 14.3. The molecule has 2 aromatic rings. The molecule has 0 spiro atoms. The van der Waals surface area contributed by atoms with E-state index >= 15 is 0 Å². The van der Waals surface area contributed by atoms with Crippen LogP contribution in [0.4, 0.5) is 22.0 Å². The summed E-state index contributed by atoms with van der Waals surface area (Å²) in [6, 6.07) is 4.19. The van der Waals surface area contributed by atoms with Gasteiger partial charge < -0.3 is 13.8 Å². The molecule has 0 radical (unpaired) electrons. The lowest BCUT2D eigenvalue weighted by atomic mass is 10.0. The van der Waals surface area contributed by atoms with Crippen LogP contribution in [0.3, 0.4) is 0 Å². The molecular formula is C23H26BrF5NO5P. The first-order valence-corrected chi connectivity index (χ1v) is 13.4. The average molecular weight is 602 g/mol. The molecule has 0 saturated carbocycles. The van der Waals surface area contributed by atoms with Gasteiger partial charge in [0, 0.05) is 4.47 Å². The van der Waals surface area contributed by atoms with Crippen molar-refractivity contribution in [3.63, 3.8) is 0 Å². The number of esters is 1. The number of hydrogen-bond donors (Lipinski definition) is 1. The van der Waals surface area contributed by atoms with Crippen LogP contribution in [0.1, 0.15) is 47.0 Å². The molecule has 0 fully saturated rings. The molecule has 0 aliphatic rings. The van der Waals surface area contributed by atoms with E-state index in [1.54, 1.807) is 20.8 Å². The summed E-state index contributed by atoms with van der Waals surface area (Å²) in [5.74, 6) is -14.7. The van der Waals surface area contributed by atoms with Crippen LogP contribution in [0.5, 0.6) is 11.5 Å². The zero-order valence-corrected chi connectivity index (χ0v) is 22.4. The van der Waals surface area contributed by atoms with Crippen LogP contribution in [0, 0.1) is 35.0 Å². The molecule has 13 heteroatoms. The van der Waals surface area contributed by atoms with Crippen molar-refractivity contribution in [2.24, 2.45) is 5.92 Å². The van der Waals surface area contributed by atoms with Gasteiger partial charge in [-0.3, -0.25) is 4.79 Å². The van der Waals surface area contributed by atoms with Crippen LogP contribution in [-0.2, 0) is 14.1 Å². The summed E-state index contributed by atoms with van der Waals surface area (Å²) >= 11 is 3.19. The van der Waals surface area contributed by atoms with Crippen molar-refractivity contribution in [2.45, 2.75) is 59.1 Å². The summed E-state index contributed by atoms with van der Waals surface area (Å²) < 4.78 is 99.5. The highest BCUT2D eigenvalue weighted by atomic mass is 79.9. The van der Waals surface area contributed by atoms with E-state index in [9.17, 15) is 31.3 Å². The summed E-state index contributed by atoms with van der Waals surface area (Å²) in [4.78, 5) is 12.8. The van der Waals surface area contributed by atoms with E-state index in [0.29, 0.717) is 17.3 Å². The molecule has 6 nitrogen and oxygen atoms in total. The molecule has 0 amide bonds. The van der Waals surface area contributed by atoms with Gasteiger partial charge in [-0.1, -0.05) is 43.1 Å². The third-order valence-corrected chi connectivity index (χ3v) is 6.77. The highest BCUT2D eigenvalue weighted by Crippen LogP contribution is 2.48. The minimum atomic E-state index is -5.01. The Hall–Kier alpha value is -2.17. The van der Waals surface area contributed by atoms with Gasteiger partial charge in [-0.05, 0) is 49.9 Å². The number of ether oxygens (including phenoxy) is 1. The van der Waals surface area contributed by atoms with Crippen molar-refractivity contribution < 1.29 is 45.1 Å². The molecule has 1 unspecified atom stereocenters. The van der Waals surface area contributed by atoms with Gasteiger partial charge in [0.1, 0.15) is 11.8 Å². The molecule has 2 rings (SSSR count). The van der Waals surface area contributed by atoms with Gasteiger partial charge in [0.05, 0.1) is 6.10 Å². The van der Waals surface area contributed by atoms with Crippen molar-refractivity contribution in [2.75, 3.05) is 0 Å². The second kappa shape index (κ2) is 12.9. The van der Waals surface area contributed by atoms with Gasteiger partial charge >= 0.3 is 13.7 Å². The molecule has 36 heavy (non-hydrogen) atoms. The zero-order valence-electron chi connectivity index (χ0n) is 19.9. The Balaban J connectivity index is 2.52. The standard InChI is InChI=1S/C23H26BrF5NO5P/c1-5-6-13(4)33-23(31)16(11-12(2)3)30-36(32,34-15-9-7-14(24)8-10-15)35-22-20(28)18(26)17(25)19(27)21(22)29/h7-10,12-13,16H,5-6,11H2,1-4H3,(H,30,32)/t13-,16-,36?/m0/s1. The first-order chi connectivity index (χ1) is 16.8. The molecule has 0 saturated heterocycles. The van der Waals surface area contributed by atoms with Crippen molar-refractivity contribution >= 4 is 29.6 Å². The molecule has 0 aromatic heterocycles. The largest absolute Gasteiger partial charge is 0.513 e. The first kappa shape index (κ1) is 30.1. The predicted octanol–water partition coefficient (Wildman–Crippen LogP) is 7.45.